The summed E-state index contributed by atoms with van der Waals surface area (Å²) in [6, 6.07) is 0. The first-order valence-corrected chi connectivity index (χ1v) is 10.3. The van der Waals surface area contributed by atoms with Gasteiger partial charge in [0.25, 0.3) is 0 Å². The van der Waals surface area contributed by atoms with Crippen LogP contribution in [0, 0.1) is 0 Å². The topological polar surface area (TPSA) is 110 Å². The Bertz CT molecular complexity index is 765. The van der Waals surface area contributed by atoms with Crippen LogP contribution in [-0.2, 0) is 18.9 Å². The van der Waals surface area contributed by atoms with Gasteiger partial charge in [-0.15, -0.1) is 0 Å². The Balaban J connectivity index is 1.91. The van der Waals surface area contributed by atoms with Crippen LogP contribution in [0.2, 0.25) is 0 Å². The molecule has 0 aromatic rings. The molecule has 156 valence electrons. The predicted molar refractivity (Wildman–Crippen MR) is 112 cm³/mol. The monoisotopic (exact) mass is 418 g/mol. The highest BCUT2D eigenvalue weighted by Crippen LogP contribution is 2.26. The fourth-order valence-corrected chi connectivity index (χ4v) is 4.06. The summed E-state index contributed by atoms with van der Waals surface area (Å²) in [6.45, 7) is 0. The van der Waals surface area contributed by atoms with Crippen LogP contribution in [0.1, 0.15) is 12.8 Å². The first kappa shape index (κ1) is 22.9. The van der Waals surface area contributed by atoms with Gasteiger partial charge in [0, 0.05) is 14.2 Å². The molecule has 29 heavy (non-hydrogen) atoms. The van der Waals surface area contributed by atoms with E-state index in [2.05, 4.69) is 9.58 Å². The number of thioether (sulfide) groups is 1. The van der Waals surface area contributed by atoms with Crippen LogP contribution in [-0.4, -0.2) is 73.2 Å². The van der Waals surface area contributed by atoms with Crippen LogP contribution in [0.5, 0.6) is 0 Å². The molecule has 0 bridgehead atoms. The van der Waals surface area contributed by atoms with E-state index < -0.39 is 0 Å². The van der Waals surface area contributed by atoms with E-state index in [1.54, 1.807) is 40.6 Å². The van der Waals surface area contributed by atoms with Gasteiger partial charge in [-0.25, -0.2) is 0 Å². The zero-order valence-electron chi connectivity index (χ0n) is 17.1. The van der Waals surface area contributed by atoms with Crippen molar-refractivity contribution in [1.82, 2.24) is 0 Å². The minimum Gasteiger partial charge on any atom is -0.496 e. The predicted octanol–water partition coefficient (Wildman–Crippen LogP) is 2.81. The smallest absolute Gasteiger partial charge is 0.328 e. The van der Waals surface area contributed by atoms with Crippen molar-refractivity contribution in [3.63, 3.8) is 0 Å². The second-order valence-electron chi connectivity index (χ2n) is 6.28. The Labute approximate surface area is 175 Å². The van der Waals surface area contributed by atoms with E-state index in [-0.39, 0.29) is 12.2 Å². The molecule has 2 aliphatic rings. The Morgan fingerprint density at radius 3 is 1.52 bits per heavy atom. The molecule has 0 saturated heterocycles. The van der Waals surface area contributed by atoms with E-state index in [0.29, 0.717) is 22.9 Å². The van der Waals surface area contributed by atoms with Gasteiger partial charge < -0.3 is 30.0 Å². The quantitative estimate of drug-likeness (QED) is 0.308. The Morgan fingerprint density at radius 1 is 0.793 bits per heavy atom. The molecule has 0 radical (unpaired) electrons. The average molecular weight is 419 g/mol. The minimum atomic E-state index is -0.381. The standard InChI is InChI=1S/C20H26N4O4S/c1-25-17-11-15(23-21)19(27-3)9-13(17)5-7-29-8-6-14-10-20(28-4)16(24-22)12-18(14)26-2/h9-12,19-20H,5-8H2,1-4H3. The summed E-state index contributed by atoms with van der Waals surface area (Å²) in [6.07, 6.45) is 8.08. The SMILES string of the molecule is COC1=CC(=[N+]=[N-])C(OC)C=C1CCSCCC1=CC(OC)C(=[N+]=[N-])C=C1OC. The lowest BCUT2D eigenvalue weighted by Crippen LogP contribution is -2.25. The highest BCUT2D eigenvalue weighted by molar-refractivity contribution is 7.99. The average Bonchev–Trinajstić information content (AvgIpc) is 2.77. The second-order valence-corrected chi connectivity index (χ2v) is 7.51. The molecule has 0 heterocycles. The number of hydrogen-bond acceptors (Lipinski definition) is 5. The Kier molecular flexibility index (Phi) is 9.12. The number of nitrogens with zero attached hydrogens (tertiary/aromatic N) is 4. The van der Waals surface area contributed by atoms with Gasteiger partial charge in [0.05, 0.1) is 26.4 Å². The summed E-state index contributed by atoms with van der Waals surface area (Å²) in [5.74, 6) is 3.16. The third-order valence-corrected chi connectivity index (χ3v) is 5.67. The molecule has 0 saturated carbocycles. The molecule has 9 heteroatoms. The van der Waals surface area contributed by atoms with Gasteiger partial charge in [0.2, 0.25) is 0 Å². The summed E-state index contributed by atoms with van der Waals surface area (Å²) in [4.78, 5) is 6.52. The molecule has 2 aliphatic carbocycles. The maximum absolute atomic E-state index is 9.10. The molecule has 0 aromatic carbocycles. The van der Waals surface area contributed by atoms with Crippen molar-refractivity contribution < 1.29 is 28.5 Å². The fraction of sp³-hybridized carbons (Fsp3) is 0.500. The number of ether oxygens (including phenoxy) is 4. The Morgan fingerprint density at radius 2 is 1.21 bits per heavy atom. The van der Waals surface area contributed by atoms with Crippen LogP contribution < -0.4 is 0 Å². The third kappa shape index (κ3) is 5.79. The van der Waals surface area contributed by atoms with Crippen molar-refractivity contribution in [2.24, 2.45) is 0 Å². The first-order valence-electron chi connectivity index (χ1n) is 9.12. The molecule has 2 unspecified atom stereocenters. The highest BCUT2D eigenvalue weighted by Gasteiger charge is 2.28. The lowest BCUT2D eigenvalue weighted by atomic mass is 9.99. The van der Waals surface area contributed by atoms with E-state index in [0.717, 1.165) is 35.5 Å². The molecule has 0 aliphatic heterocycles. The highest BCUT2D eigenvalue weighted by atomic mass is 32.2. The van der Waals surface area contributed by atoms with E-state index in [9.17, 15) is 0 Å². The summed E-state index contributed by atoms with van der Waals surface area (Å²) in [5, 5.41) is 0. The Hall–Kier alpha value is -2.41. The molecule has 0 N–H and O–H groups in total. The molecule has 2 atom stereocenters. The van der Waals surface area contributed by atoms with Crippen molar-refractivity contribution in [3.05, 3.63) is 58.0 Å². The zero-order valence-corrected chi connectivity index (χ0v) is 17.9. The first-order chi connectivity index (χ1) is 14.1. The van der Waals surface area contributed by atoms with Crippen molar-refractivity contribution in [2.45, 2.75) is 25.0 Å². The van der Waals surface area contributed by atoms with E-state index in [1.807, 2.05) is 23.9 Å². The van der Waals surface area contributed by atoms with E-state index in [4.69, 9.17) is 30.0 Å². The third-order valence-electron chi connectivity index (χ3n) is 4.69. The van der Waals surface area contributed by atoms with E-state index >= 15 is 0 Å². The van der Waals surface area contributed by atoms with Crippen molar-refractivity contribution in [1.29, 1.82) is 0 Å². The molecular formula is C20H26N4O4S. The fourth-order valence-electron chi connectivity index (χ4n) is 3.13. The molecular weight excluding hydrogens is 392 g/mol. The second kappa shape index (κ2) is 11.6. The summed E-state index contributed by atoms with van der Waals surface area (Å²) in [5.41, 5.74) is 21.1. The van der Waals surface area contributed by atoms with Gasteiger partial charge in [0.1, 0.15) is 11.5 Å². The number of methoxy groups -OCH3 is 4. The summed E-state index contributed by atoms with van der Waals surface area (Å²) in [7, 11) is 6.34. The van der Waals surface area contributed by atoms with Gasteiger partial charge in [0.15, 0.2) is 12.2 Å². The molecule has 0 amide bonds. The maximum atomic E-state index is 9.10. The van der Waals surface area contributed by atoms with Crippen LogP contribution in [0.25, 0.3) is 11.1 Å². The summed E-state index contributed by atoms with van der Waals surface area (Å²) >= 11 is 1.81. The van der Waals surface area contributed by atoms with Gasteiger partial charge in [-0.1, -0.05) is 0 Å². The van der Waals surface area contributed by atoms with Crippen molar-refractivity contribution in [2.75, 3.05) is 39.9 Å². The lowest BCUT2D eigenvalue weighted by molar-refractivity contribution is -0.0193. The van der Waals surface area contributed by atoms with Gasteiger partial charge >= 0.3 is 11.4 Å². The van der Waals surface area contributed by atoms with Crippen LogP contribution in [0.4, 0.5) is 0 Å². The van der Waals surface area contributed by atoms with Gasteiger partial charge in [-0.2, -0.15) is 21.3 Å². The number of rotatable bonds is 10. The van der Waals surface area contributed by atoms with Crippen LogP contribution in [0.15, 0.2) is 47.0 Å². The molecule has 8 nitrogen and oxygen atoms in total. The van der Waals surface area contributed by atoms with Gasteiger partial charge in [-0.3, -0.25) is 0 Å². The van der Waals surface area contributed by atoms with Crippen molar-refractivity contribution in [3.8, 4) is 0 Å². The van der Waals surface area contributed by atoms with Gasteiger partial charge in [-0.05, 0) is 47.6 Å². The zero-order chi connectivity index (χ0) is 21.2. The van der Waals surface area contributed by atoms with Crippen molar-refractivity contribution >= 4 is 23.2 Å². The maximum Gasteiger partial charge on any atom is 0.328 e. The number of allylic oxidation sites excluding steroid dienone is 2. The molecule has 2 rings (SSSR count). The van der Waals surface area contributed by atoms with E-state index in [1.165, 1.54) is 0 Å². The normalized spacial score (nSPS) is 21.4. The van der Waals surface area contributed by atoms with Crippen LogP contribution in [0.3, 0.4) is 0 Å². The lowest BCUT2D eigenvalue weighted by Gasteiger charge is -2.18. The molecule has 0 spiro atoms. The summed E-state index contributed by atoms with van der Waals surface area (Å²) < 4.78 is 21.5. The molecule has 0 aromatic heterocycles. The largest absolute Gasteiger partial charge is 0.496 e. The molecule has 0 fully saturated rings. The van der Waals surface area contributed by atoms with Crippen LogP contribution >= 0.6 is 11.8 Å². The minimum absolute atomic E-state index is 0.381. The number of hydrogen-bond donors (Lipinski definition) is 0.